The summed E-state index contributed by atoms with van der Waals surface area (Å²) in [4.78, 5) is 38.4. The van der Waals surface area contributed by atoms with Gasteiger partial charge in [-0.05, 0) is 43.3 Å². The fourth-order valence-corrected chi connectivity index (χ4v) is 3.62. The number of carbonyl (C=O) groups is 3. The van der Waals surface area contributed by atoms with Crippen molar-refractivity contribution in [1.29, 1.82) is 0 Å². The molecule has 8 nitrogen and oxygen atoms in total. The molecule has 3 aromatic rings. The molecular formula is C27H24O8. The Bertz CT molecular complexity index is 1150. The van der Waals surface area contributed by atoms with Gasteiger partial charge < -0.3 is 24.1 Å². The van der Waals surface area contributed by atoms with E-state index in [4.69, 9.17) is 18.9 Å². The van der Waals surface area contributed by atoms with Crippen LogP contribution in [-0.4, -0.2) is 53.7 Å². The second kappa shape index (κ2) is 10.9. The van der Waals surface area contributed by atoms with Gasteiger partial charge in [-0.15, -0.1) is 0 Å². The molecule has 3 aromatic carbocycles. The van der Waals surface area contributed by atoms with Crippen molar-refractivity contribution < 1.29 is 38.4 Å². The monoisotopic (exact) mass is 476 g/mol. The number of carbonyl (C=O) groups excluding carboxylic acids is 3. The molecule has 35 heavy (non-hydrogen) atoms. The zero-order valence-electron chi connectivity index (χ0n) is 18.9. The molecule has 0 bridgehead atoms. The summed E-state index contributed by atoms with van der Waals surface area (Å²) >= 11 is 0. The van der Waals surface area contributed by atoms with Crippen LogP contribution < -0.4 is 0 Å². The number of aliphatic hydroxyl groups is 1. The van der Waals surface area contributed by atoms with E-state index in [2.05, 4.69) is 0 Å². The van der Waals surface area contributed by atoms with Crippen molar-refractivity contribution in [2.75, 3.05) is 0 Å². The molecule has 1 fully saturated rings. The third-order valence-electron chi connectivity index (χ3n) is 5.50. The normalized spacial score (nSPS) is 23.7. The fraction of sp³-hybridized carbons (Fsp3) is 0.222. The molecule has 0 radical (unpaired) electrons. The zero-order chi connectivity index (χ0) is 24.8. The highest BCUT2D eigenvalue weighted by atomic mass is 16.7. The number of hydrogen-bond acceptors (Lipinski definition) is 8. The first kappa shape index (κ1) is 24.1. The first-order chi connectivity index (χ1) is 16.9. The van der Waals surface area contributed by atoms with Crippen LogP contribution in [0, 0.1) is 0 Å². The average molecular weight is 476 g/mol. The molecule has 1 aliphatic rings. The van der Waals surface area contributed by atoms with Gasteiger partial charge in [-0.25, -0.2) is 14.4 Å². The van der Waals surface area contributed by atoms with Crippen molar-refractivity contribution in [3.63, 3.8) is 0 Å². The van der Waals surface area contributed by atoms with Gasteiger partial charge in [0.15, 0.2) is 6.10 Å². The summed E-state index contributed by atoms with van der Waals surface area (Å²) in [7, 11) is 0. The van der Waals surface area contributed by atoms with E-state index in [1.54, 1.807) is 91.0 Å². The highest BCUT2D eigenvalue weighted by molar-refractivity contribution is 5.91. The number of aliphatic hydroxyl groups excluding tert-OH is 1. The maximum absolute atomic E-state index is 12.9. The van der Waals surface area contributed by atoms with E-state index in [9.17, 15) is 19.5 Å². The summed E-state index contributed by atoms with van der Waals surface area (Å²) in [6, 6.07) is 24.5. The third-order valence-corrected chi connectivity index (χ3v) is 5.50. The molecule has 5 atom stereocenters. The molecule has 0 aromatic heterocycles. The Labute approximate surface area is 202 Å². The minimum Gasteiger partial charge on any atom is -0.452 e. The van der Waals surface area contributed by atoms with E-state index in [1.807, 2.05) is 0 Å². The van der Waals surface area contributed by atoms with Gasteiger partial charge in [0.2, 0.25) is 12.4 Å². The molecule has 0 unspecified atom stereocenters. The fourth-order valence-electron chi connectivity index (χ4n) is 3.62. The standard InChI is InChI=1S/C27H24O8/c1-17-21(28)22(33-24(29)18-11-5-2-6-12-18)23(34-25(30)19-13-7-3-8-14-19)27(32-17)35-26(31)20-15-9-4-10-16-20/h2-17,21-23,27-28H,1H3/t17-,21+,22+,23-,27-/m0/s1. The van der Waals surface area contributed by atoms with E-state index in [-0.39, 0.29) is 16.7 Å². The Kier molecular flexibility index (Phi) is 7.54. The maximum atomic E-state index is 12.9. The lowest BCUT2D eigenvalue weighted by Crippen LogP contribution is -2.60. The van der Waals surface area contributed by atoms with Crippen LogP contribution in [0.3, 0.4) is 0 Å². The van der Waals surface area contributed by atoms with Gasteiger partial charge >= 0.3 is 17.9 Å². The highest BCUT2D eigenvalue weighted by Crippen LogP contribution is 2.29. The highest BCUT2D eigenvalue weighted by Gasteiger charge is 2.50. The zero-order valence-corrected chi connectivity index (χ0v) is 18.9. The first-order valence-corrected chi connectivity index (χ1v) is 11.1. The van der Waals surface area contributed by atoms with Crippen molar-refractivity contribution in [2.45, 2.75) is 37.6 Å². The number of hydrogen-bond donors (Lipinski definition) is 1. The van der Waals surface area contributed by atoms with Crippen molar-refractivity contribution in [2.24, 2.45) is 0 Å². The van der Waals surface area contributed by atoms with Crippen LogP contribution in [0.5, 0.6) is 0 Å². The van der Waals surface area contributed by atoms with E-state index < -0.39 is 48.6 Å². The van der Waals surface area contributed by atoms with Crippen molar-refractivity contribution in [3.05, 3.63) is 108 Å². The Morgan fingerprint density at radius 2 is 1.00 bits per heavy atom. The van der Waals surface area contributed by atoms with E-state index in [1.165, 1.54) is 6.92 Å². The van der Waals surface area contributed by atoms with Crippen molar-refractivity contribution >= 4 is 17.9 Å². The van der Waals surface area contributed by atoms with Crippen LogP contribution in [0.25, 0.3) is 0 Å². The van der Waals surface area contributed by atoms with Gasteiger partial charge in [-0.1, -0.05) is 54.6 Å². The van der Waals surface area contributed by atoms with E-state index >= 15 is 0 Å². The van der Waals surface area contributed by atoms with Crippen LogP contribution in [0.4, 0.5) is 0 Å². The number of esters is 3. The number of benzene rings is 3. The minimum atomic E-state index is -1.44. The predicted molar refractivity (Wildman–Crippen MR) is 123 cm³/mol. The van der Waals surface area contributed by atoms with Gasteiger partial charge in [-0.2, -0.15) is 0 Å². The number of ether oxygens (including phenoxy) is 4. The van der Waals surface area contributed by atoms with Gasteiger partial charge in [0.25, 0.3) is 0 Å². The Balaban J connectivity index is 1.63. The molecule has 1 heterocycles. The molecule has 1 N–H and O–H groups in total. The molecule has 0 saturated carbocycles. The summed E-state index contributed by atoms with van der Waals surface area (Å²) < 4.78 is 22.4. The van der Waals surface area contributed by atoms with Gasteiger partial charge in [0.05, 0.1) is 22.8 Å². The number of rotatable bonds is 6. The molecule has 1 saturated heterocycles. The quantitative estimate of drug-likeness (QED) is 0.426. The van der Waals surface area contributed by atoms with Crippen LogP contribution in [0.2, 0.25) is 0 Å². The summed E-state index contributed by atoms with van der Waals surface area (Å²) in [6.45, 7) is 1.53. The second-order valence-electron chi connectivity index (χ2n) is 7.94. The Morgan fingerprint density at radius 1 is 0.629 bits per heavy atom. The lowest BCUT2D eigenvalue weighted by molar-refractivity contribution is -0.275. The molecule has 0 amide bonds. The molecular weight excluding hydrogens is 452 g/mol. The predicted octanol–water partition coefficient (Wildman–Crippen LogP) is 3.40. The molecule has 0 aliphatic carbocycles. The van der Waals surface area contributed by atoms with Gasteiger partial charge in [0, 0.05) is 0 Å². The topological polar surface area (TPSA) is 108 Å². The van der Waals surface area contributed by atoms with Crippen LogP contribution in [0.15, 0.2) is 91.0 Å². The Morgan fingerprint density at radius 3 is 1.43 bits per heavy atom. The largest absolute Gasteiger partial charge is 0.452 e. The lowest BCUT2D eigenvalue weighted by atomic mass is 9.99. The van der Waals surface area contributed by atoms with Crippen LogP contribution in [-0.2, 0) is 18.9 Å². The summed E-state index contributed by atoms with van der Waals surface area (Å²) in [5.41, 5.74) is 0.715. The molecule has 1 aliphatic heterocycles. The first-order valence-electron chi connectivity index (χ1n) is 11.1. The van der Waals surface area contributed by atoms with Gasteiger partial charge in [0.1, 0.15) is 6.10 Å². The second-order valence-corrected chi connectivity index (χ2v) is 7.94. The lowest BCUT2D eigenvalue weighted by Gasteiger charge is -2.41. The summed E-state index contributed by atoms with van der Waals surface area (Å²) in [6.07, 6.45) is -6.50. The molecule has 4 rings (SSSR count). The smallest absolute Gasteiger partial charge is 0.340 e. The average Bonchev–Trinajstić information content (AvgIpc) is 2.90. The summed E-state index contributed by atoms with van der Waals surface area (Å²) in [5.74, 6) is -2.23. The minimum absolute atomic E-state index is 0.224. The maximum Gasteiger partial charge on any atom is 0.340 e. The molecule has 8 heteroatoms. The van der Waals surface area contributed by atoms with Crippen molar-refractivity contribution in [1.82, 2.24) is 0 Å². The van der Waals surface area contributed by atoms with Crippen LogP contribution >= 0.6 is 0 Å². The summed E-state index contributed by atoms with van der Waals surface area (Å²) in [5, 5.41) is 10.8. The van der Waals surface area contributed by atoms with Crippen molar-refractivity contribution in [3.8, 4) is 0 Å². The van der Waals surface area contributed by atoms with Gasteiger partial charge in [-0.3, -0.25) is 0 Å². The molecule has 0 spiro atoms. The van der Waals surface area contributed by atoms with E-state index in [0.717, 1.165) is 0 Å². The SMILES string of the molecule is C[C@@H]1O[C@@H](OC(=O)c2ccccc2)[C@@H](OC(=O)c2ccccc2)[C@H](OC(=O)c2ccccc2)[C@@H]1O. The van der Waals surface area contributed by atoms with E-state index in [0.29, 0.717) is 0 Å². The Hall–Kier alpha value is -4.01. The molecule has 180 valence electrons. The van der Waals surface area contributed by atoms with Crippen LogP contribution in [0.1, 0.15) is 38.0 Å². The third kappa shape index (κ3) is 5.74.